The summed E-state index contributed by atoms with van der Waals surface area (Å²) in [6, 6.07) is 7.02. The molecule has 0 fully saturated rings. The minimum Gasteiger partial charge on any atom is -0.468 e. The maximum atomic E-state index is 12.8. The number of nitro groups is 1. The highest BCUT2D eigenvalue weighted by Crippen LogP contribution is 2.31. The van der Waals surface area contributed by atoms with Crippen LogP contribution in [0.15, 0.2) is 29.3 Å². The lowest BCUT2D eigenvalue weighted by molar-refractivity contribution is -0.525. The first-order valence-electron chi connectivity index (χ1n) is 12.1. The number of aliphatic imine (C=N–C) groups is 1. The standard InChI is InChI=1S/C24H35N7O6/c1-24(2,3)37-23(33)27-15(8-7-11-26-22(25)29-31(34)35)13-30-14-19-17(12-20(30)21(32)36-4)16-9-5-6-10-18(16)28-19/h5-6,9-10,15,20,28H,7-8,11-14H2,1-4H3,(H,27,33)(H3,25,26,29)/t15?,20-/m0/s1. The van der Waals surface area contributed by atoms with Crippen LogP contribution in [0, 0.1) is 10.1 Å². The van der Waals surface area contributed by atoms with E-state index in [0.29, 0.717) is 32.4 Å². The summed E-state index contributed by atoms with van der Waals surface area (Å²) in [6.07, 6.45) is 0.847. The third kappa shape index (κ3) is 7.81. The summed E-state index contributed by atoms with van der Waals surface area (Å²) in [7, 11) is 1.36. The number of aromatic amines is 1. The molecule has 1 unspecified atom stereocenters. The van der Waals surface area contributed by atoms with E-state index in [1.807, 2.05) is 29.2 Å². The van der Waals surface area contributed by atoms with Gasteiger partial charge < -0.3 is 25.5 Å². The highest BCUT2D eigenvalue weighted by Gasteiger charge is 2.36. The second-order valence-corrected chi connectivity index (χ2v) is 9.92. The van der Waals surface area contributed by atoms with Gasteiger partial charge in [-0.3, -0.25) is 9.69 Å². The number of esters is 1. The Morgan fingerprint density at radius 2 is 2.08 bits per heavy atom. The molecule has 1 aliphatic heterocycles. The number of rotatable bonds is 9. The number of carbonyl (C=O) groups excluding carboxylic acids is 2. The van der Waals surface area contributed by atoms with Gasteiger partial charge >= 0.3 is 12.1 Å². The molecule has 2 heterocycles. The Labute approximate surface area is 214 Å². The van der Waals surface area contributed by atoms with Crippen molar-refractivity contribution in [2.24, 2.45) is 10.7 Å². The van der Waals surface area contributed by atoms with Crippen LogP contribution in [-0.2, 0) is 27.2 Å². The number of nitrogens with one attached hydrogen (secondary N) is 3. The zero-order valence-corrected chi connectivity index (χ0v) is 21.6. The van der Waals surface area contributed by atoms with Crippen molar-refractivity contribution in [3.8, 4) is 0 Å². The van der Waals surface area contributed by atoms with E-state index in [4.69, 9.17) is 15.2 Å². The number of benzene rings is 1. The average molecular weight is 518 g/mol. The number of aromatic nitrogens is 1. The summed E-state index contributed by atoms with van der Waals surface area (Å²) in [6.45, 7) is 6.35. The van der Waals surface area contributed by atoms with Gasteiger partial charge in [-0.15, -0.1) is 0 Å². The van der Waals surface area contributed by atoms with Crippen molar-refractivity contribution in [2.75, 3.05) is 20.2 Å². The van der Waals surface area contributed by atoms with Gasteiger partial charge in [0.05, 0.1) is 7.11 Å². The van der Waals surface area contributed by atoms with Crippen LogP contribution in [0.4, 0.5) is 4.79 Å². The predicted octanol–water partition coefficient (Wildman–Crippen LogP) is 1.84. The Morgan fingerprint density at radius 1 is 1.35 bits per heavy atom. The number of carbonyl (C=O) groups is 2. The number of hydrazine groups is 1. The van der Waals surface area contributed by atoms with Gasteiger partial charge in [-0.05, 0) is 45.2 Å². The minimum atomic E-state index is -0.784. The molecule has 0 bridgehead atoms. The lowest BCUT2D eigenvalue weighted by atomic mass is 9.95. The summed E-state index contributed by atoms with van der Waals surface area (Å²) < 4.78 is 10.6. The Bertz CT molecular complexity index is 1160. The third-order valence-electron chi connectivity index (χ3n) is 5.95. The molecular formula is C24H35N7O6. The molecule has 3 rings (SSSR count). The van der Waals surface area contributed by atoms with Gasteiger partial charge in [0.2, 0.25) is 0 Å². The van der Waals surface area contributed by atoms with Crippen LogP contribution < -0.4 is 16.5 Å². The average Bonchev–Trinajstić information content (AvgIpc) is 3.16. The van der Waals surface area contributed by atoms with Crippen LogP contribution in [0.1, 0.15) is 44.9 Å². The van der Waals surface area contributed by atoms with Crippen LogP contribution in [0.25, 0.3) is 10.9 Å². The molecule has 0 spiro atoms. The summed E-state index contributed by atoms with van der Waals surface area (Å²) in [4.78, 5) is 45.2. The minimum absolute atomic E-state index is 0.214. The number of H-pyrrole nitrogens is 1. The molecule has 2 aromatic rings. The maximum Gasteiger partial charge on any atom is 0.407 e. The molecule has 13 heteroatoms. The van der Waals surface area contributed by atoms with E-state index in [2.05, 4.69) is 15.3 Å². The zero-order valence-electron chi connectivity index (χ0n) is 21.6. The van der Waals surface area contributed by atoms with E-state index < -0.39 is 28.8 Å². The van der Waals surface area contributed by atoms with E-state index in [1.165, 1.54) is 7.11 Å². The molecule has 202 valence electrons. The number of nitrogens with two attached hydrogens (primary N) is 1. The first-order valence-corrected chi connectivity index (χ1v) is 12.1. The molecule has 13 nitrogen and oxygen atoms in total. The van der Waals surface area contributed by atoms with Crippen LogP contribution >= 0.6 is 0 Å². The molecule has 1 aromatic heterocycles. The van der Waals surface area contributed by atoms with E-state index in [1.54, 1.807) is 26.2 Å². The fraction of sp³-hybridized carbons (Fsp3) is 0.542. The number of hydrogen-bond acceptors (Lipinski definition) is 8. The van der Waals surface area contributed by atoms with E-state index in [-0.39, 0.29) is 18.5 Å². The van der Waals surface area contributed by atoms with E-state index >= 15 is 0 Å². The molecule has 2 atom stereocenters. The molecule has 0 saturated heterocycles. The van der Waals surface area contributed by atoms with Crippen molar-refractivity contribution in [2.45, 2.75) is 64.3 Å². The van der Waals surface area contributed by atoms with Gasteiger partial charge in [-0.1, -0.05) is 23.6 Å². The van der Waals surface area contributed by atoms with E-state index in [9.17, 15) is 19.7 Å². The smallest absolute Gasteiger partial charge is 0.407 e. The molecule has 0 radical (unpaired) electrons. The number of ether oxygens (including phenoxy) is 2. The van der Waals surface area contributed by atoms with Crippen LogP contribution in [0.2, 0.25) is 0 Å². The van der Waals surface area contributed by atoms with Gasteiger partial charge in [-0.25, -0.2) is 19.9 Å². The molecule has 5 N–H and O–H groups in total. The van der Waals surface area contributed by atoms with Crippen molar-refractivity contribution >= 4 is 28.9 Å². The topological polar surface area (TPSA) is 177 Å². The highest BCUT2D eigenvalue weighted by molar-refractivity contribution is 5.86. The van der Waals surface area contributed by atoms with Crippen LogP contribution in [-0.4, -0.2) is 70.8 Å². The number of alkyl carbamates (subject to hydrolysis) is 1. The summed E-state index contributed by atoms with van der Waals surface area (Å²) >= 11 is 0. The van der Waals surface area contributed by atoms with Crippen molar-refractivity contribution in [1.82, 2.24) is 20.6 Å². The Hall–Kier alpha value is -3.87. The van der Waals surface area contributed by atoms with Crippen LogP contribution in [0.5, 0.6) is 0 Å². The van der Waals surface area contributed by atoms with Crippen molar-refractivity contribution in [3.05, 3.63) is 45.6 Å². The van der Waals surface area contributed by atoms with Crippen molar-refractivity contribution in [1.29, 1.82) is 0 Å². The van der Waals surface area contributed by atoms with E-state index in [0.717, 1.165) is 22.2 Å². The molecule has 0 aliphatic carbocycles. The van der Waals surface area contributed by atoms with Crippen molar-refractivity contribution < 1.29 is 24.1 Å². The molecule has 1 amide bonds. The number of amides is 1. The molecule has 0 saturated carbocycles. The number of hydrogen-bond donors (Lipinski definition) is 4. The Morgan fingerprint density at radius 3 is 2.76 bits per heavy atom. The molecular weight excluding hydrogens is 482 g/mol. The van der Waals surface area contributed by atoms with Gasteiger partial charge in [-0.2, -0.15) is 0 Å². The lowest BCUT2D eigenvalue weighted by Crippen LogP contribution is -2.52. The number of nitrogens with zero attached hydrogens (tertiary/aromatic N) is 3. The lowest BCUT2D eigenvalue weighted by Gasteiger charge is -2.36. The second kappa shape index (κ2) is 11.9. The zero-order chi connectivity index (χ0) is 27.2. The Balaban J connectivity index is 1.78. The van der Waals surface area contributed by atoms with Gasteiger partial charge in [0, 0.05) is 48.7 Å². The third-order valence-corrected chi connectivity index (χ3v) is 5.95. The molecule has 1 aliphatic rings. The van der Waals surface area contributed by atoms with Crippen LogP contribution in [0.3, 0.4) is 0 Å². The SMILES string of the molecule is COC(=O)[C@@H]1Cc2c([nH]c3ccccc23)CN1CC(CCCN=C(N)N[N+](=O)[O-])NC(=O)OC(C)(C)C. The largest absolute Gasteiger partial charge is 0.468 e. The van der Waals surface area contributed by atoms with Crippen molar-refractivity contribution in [3.63, 3.8) is 0 Å². The number of para-hydroxylation sites is 1. The predicted molar refractivity (Wildman–Crippen MR) is 137 cm³/mol. The Kier molecular flexibility index (Phi) is 8.92. The fourth-order valence-corrected chi connectivity index (χ4v) is 4.45. The highest BCUT2D eigenvalue weighted by atomic mass is 16.7. The first kappa shape index (κ1) is 27.7. The molecule has 1 aromatic carbocycles. The molecule has 37 heavy (non-hydrogen) atoms. The number of methoxy groups -OCH3 is 1. The summed E-state index contributed by atoms with van der Waals surface area (Å²) in [5.74, 6) is -0.648. The normalized spacial score (nSPS) is 17.1. The summed E-state index contributed by atoms with van der Waals surface area (Å²) in [5, 5.41) is 13.7. The maximum absolute atomic E-state index is 12.8. The second-order valence-electron chi connectivity index (χ2n) is 9.92. The fourth-order valence-electron chi connectivity index (χ4n) is 4.45. The quantitative estimate of drug-likeness (QED) is 0.0965. The number of guanidine groups is 1. The van der Waals surface area contributed by atoms with Gasteiger partial charge in [0.1, 0.15) is 11.6 Å². The van der Waals surface area contributed by atoms with Gasteiger partial charge in [0.25, 0.3) is 5.96 Å². The van der Waals surface area contributed by atoms with Gasteiger partial charge in [0.15, 0.2) is 5.03 Å². The first-order chi connectivity index (χ1) is 17.5. The monoisotopic (exact) mass is 517 g/mol. The number of fused-ring (bicyclic) bond motifs is 3. The summed E-state index contributed by atoms with van der Waals surface area (Å²) in [5.41, 5.74) is 9.70.